The first-order valence-corrected chi connectivity index (χ1v) is 8.13. The fraction of sp³-hybridized carbons (Fsp3) is 0.100. The molecule has 0 aliphatic carbocycles. The van der Waals surface area contributed by atoms with Gasteiger partial charge in [0.2, 0.25) is 5.82 Å². The van der Waals surface area contributed by atoms with Gasteiger partial charge in [-0.25, -0.2) is 13.6 Å². The van der Waals surface area contributed by atoms with Crippen molar-refractivity contribution in [2.75, 3.05) is 12.0 Å². The van der Waals surface area contributed by atoms with Crippen LogP contribution in [0.4, 0.5) is 24.5 Å². The number of aromatic carboxylic acids is 1. The molecule has 8 heteroatoms. The third-order valence-corrected chi connectivity index (χ3v) is 4.09. The number of carbonyl (C=O) groups is 1. The van der Waals surface area contributed by atoms with E-state index in [1.807, 2.05) is 0 Å². The first-order chi connectivity index (χ1) is 13.4. The highest BCUT2D eigenvalue weighted by Crippen LogP contribution is 2.32. The predicted molar refractivity (Wildman–Crippen MR) is 96.3 cm³/mol. The highest BCUT2D eigenvalue weighted by Gasteiger charge is 2.22. The lowest BCUT2D eigenvalue weighted by Crippen LogP contribution is -2.19. The Hall–Kier alpha value is -3.55. The van der Waals surface area contributed by atoms with Gasteiger partial charge in [0, 0.05) is 17.4 Å². The Morgan fingerprint density at radius 1 is 1.11 bits per heavy atom. The van der Waals surface area contributed by atoms with Gasteiger partial charge in [-0.1, -0.05) is 6.07 Å². The molecular weight excluding hydrogens is 373 g/mol. The van der Waals surface area contributed by atoms with Crippen LogP contribution in [0.5, 0.6) is 5.75 Å². The zero-order valence-electron chi connectivity index (χ0n) is 14.7. The average molecular weight is 388 g/mol. The summed E-state index contributed by atoms with van der Waals surface area (Å²) >= 11 is 0. The molecule has 0 atom stereocenters. The Balaban J connectivity index is 2.10. The predicted octanol–water partition coefficient (Wildman–Crippen LogP) is 4.54. The number of hydrogen-bond acceptors (Lipinski definition) is 4. The van der Waals surface area contributed by atoms with E-state index >= 15 is 0 Å². The normalized spacial score (nSPS) is 10.6. The number of methoxy groups -OCH3 is 1. The van der Waals surface area contributed by atoms with Gasteiger partial charge < -0.3 is 14.7 Å². The summed E-state index contributed by atoms with van der Waals surface area (Å²) in [6.07, 6.45) is 3.00. The van der Waals surface area contributed by atoms with Crippen LogP contribution >= 0.6 is 0 Å². The lowest BCUT2D eigenvalue weighted by molar-refractivity contribution is 0.0697. The number of aromatic nitrogens is 1. The van der Waals surface area contributed by atoms with Gasteiger partial charge in [0.05, 0.1) is 31.1 Å². The molecule has 0 saturated heterocycles. The van der Waals surface area contributed by atoms with E-state index in [0.717, 1.165) is 13.2 Å². The van der Waals surface area contributed by atoms with Gasteiger partial charge in [-0.15, -0.1) is 0 Å². The fourth-order valence-electron chi connectivity index (χ4n) is 2.75. The molecule has 0 aliphatic heterocycles. The average Bonchev–Trinajstić information content (AvgIpc) is 2.70. The summed E-state index contributed by atoms with van der Waals surface area (Å²) in [7, 11) is 1.04. The molecule has 0 unspecified atom stereocenters. The van der Waals surface area contributed by atoms with Crippen LogP contribution in [-0.4, -0.2) is 23.2 Å². The maximum absolute atomic E-state index is 14.5. The standard InChI is InChI=1S/C20H15F3N2O3/c1-28-19-16(21)9-13(17(22)18(19)23)11-25(15-6-3-7-24-10-15)14-5-2-4-12(8-14)20(26)27/h2-10H,11H2,1H3,(H,26,27). The monoisotopic (exact) mass is 388 g/mol. The first-order valence-electron chi connectivity index (χ1n) is 8.13. The number of anilines is 2. The Morgan fingerprint density at radius 2 is 1.86 bits per heavy atom. The molecule has 5 nitrogen and oxygen atoms in total. The molecule has 0 bridgehead atoms. The van der Waals surface area contributed by atoms with Gasteiger partial charge in [-0.2, -0.15) is 4.39 Å². The van der Waals surface area contributed by atoms with Crippen LogP contribution in [0.2, 0.25) is 0 Å². The third kappa shape index (κ3) is 3.75. The van der Waals surface area contributed by atoms with E-state index in [1.165, 1.54) is 35.5 Å². The molecule has 0 spiro atoms. The summed E-state index contributed by atoms with van der Waals surface area (Å²) in [5, 5.41) is 9.22. The van der Waals surface area contributed by atoms with E-state index in [9.17, 15) is 23.1 Å². The topological polar surface area (TPSA) is 62.7 Å². The minimum atomic E-state index is -1.43. The van der Waals surface area contributed by atoms with Gasteiger partial charge in [0.1, 0.15) is 0 Å². The van der Waals surface area contributed by atoms with Gasteiger partial charge in [0.15, 0.2) is 17.4 Å². The van der Waals surface area contributed by atoms with Crippen molar-refractivity contribution in [1.29, 1.82) is 0 Å². The van der Waals surface area contributed by atoms with Crippen LogP contribution in [0.25, 0.3) is 0 Å². The second-order valence-electron chi connectivity index (χ2n) is 5.83. The molecule has 0 radical (unpaired) electrons. The zero-order chi connectivity index (χ0) is 20.3. The molecule has 1 N–H and O–H groups in total. The third-order valence-electron chi connectivity index (χ3n) is 4.09. The maximum Gasteiger partial charge on any atom is 0.335 e. The molecule has 3 rings (SSSR count). The van der Waals surface area contributed by atoms with Crippen molar-refractivity contribution in [3.8, 4) is 5.75 Å². The lowest BCUT2D eigenvalue weighted by atomic mass is 10.1. The van der Waals surface area contributed by atoms with Crippen LogP contribution in [-0.2, 0) is 6.54 Å². The molecule has 0 amide bonds. The maximum atomic E-state index is 14.5. The molecule has 0 aliphatic rings. The zero-order valence-corrected chi connectivity index (χ0v) is 14.7. The second kappa shape index (κ2) is 7.99. The van der Waals surface area contributed by atoms with E-state index in [2.05, 4.69) is 9.72 Å². The summed E-state index contributed by atoms with van der Waals surface area (Å²) < 4.78 is 47.2. The molecule has 0 fully saturated rings. The molecule has 1 aromatic heterocycles. The van der Waals surface area contributed by atoms with Crippen molar-refractivity contribution < 1.29 is 27.8 Å². The minimum Gasteiger partial charge on any atom is -0.491 e. The molecular formula is C20H15F3N2O3. The molecule has 0 saturated carbocycles. The Labute approximate surface area is 158 Å². The largest absolute Gasteiger partial charge is 0.491 e. The Morgan fingerprint density at radius 3 is 2.50 bits per heavy atom. The number of nitrogens with zero attached hydrogens (tertiary/aromatic N) is 2. The van der Waals surface area contributed by atoms with E-state index in [4.69, 9.17) is 0 Å². The van der Waals surface area contributed by atoms with Gasteiger partial charge in [-0.3, -0.25) is 4.98 Å². The number of benzene rings is 2. The number of halogens is 3. The summed E-state index contributed by atoms with van der Waals surface area (Å²) in [6, 6.07) is 10.1. The van der Waals surface area contributed by atoms with Crippen molar-refractivity contribution in [2.24, 2.45) is 0 Å². The molecule has 3 aromatic rings. The van der Waals surface area contributed by atoms with Crippen LogP contribution in [0.1, 0.15) is 15.9 Å². The van der Waals surface area contributed by atoms with Crippen molar-refractivity contribution >= 4 is 17.3 Å². The van der Waals surface area contributed by atoms with E-state index in [0.29, 0.717) is 11.4 Å². The molecule has 28 heavy (non-hydrogen) atoms. The van der Waals surface area contributed by atoms with Gasteiger partial charge in [0.25, 0.3) is 0 Å². The highest BCUT2D eigenvalue weighted by molar-refractivity contribution is 5.89. The van der Waals surface area contributed by atoms with Crippen LogP contribution in [0.3, 0.4) is 0 Å². The van der Waals surface area contributed by atoms with E-state index in [-0.39, 0.29) is 17.7 Å². The second-order valence-corrected chi connectivity index (χ2v) is 5.83. The van der Waals surface area contributed by atoms with Crippen molar-refractivity contribution in [2.45, 2.75) is 6.54 Å². The number of pyridine rings is 1. The SMILES string of the molecule is COc1c(F)cc(CN(c2cccnc2)c2cccc(C(=O)O)c2)c(F)c1F. The van der Waals surface area contributed by atoms with Crippen LogP contribution in [0.15, 0.2) is 54.9 Å². The number of carboxylic acids is 1. The summed E-state index contributed by atoms with van der Waals surface area (Å²) in [5.74, 6) is -5.66. The number of hydrogen-bond donors (Lipinski definition) is 1. The van der Waals surface area contributed by atoms with E-state index < -0.39 is 29.2 Å². The van der Waals surface area contributed by atoms with Crippen molar-refractivity contribution in [3.63, 3.8) is 0 Å². The Bertz CT molecular complexity index is 1010. The number of carboxylic acid groups (broad SMARTS) is 1. The summed E-state index contributed by atoms with van der Waals surface area (Å²) in [4.78, 5) is 16.8. The smallest absolute Gasteiger partial charge is 0.335 e. The molecule has 2 aromatic carbocycles. The number of rotatable bonds is 6. The minimum absolute atomic E-state index is 0.0129. The summed E-state index contributed by atoms with van der Waals surface area (Å²) in [5.41, 5.74) is 0.629. The first kappa shape index (κ1) is 19.2. The van der Waals surface area contributed by atoms with Crippen molar-refractivity contribution in [1.82, 2.24) is 4.98 Å². The molecule has 144 valence electrons. The van der Waals surface area contributed by atoms with Gasteiger partial charge in [-0.05, 0) is 36.4 Å². The summed E-state index contributed by atoms with van der Waals surface area (Å²) in [6.45, 7) is -0.265. The van der Waals surface area contributed by atoms with E-state index in [1.54, 1.807) is 18.2 Å². The lowest BCUT2D eigenvalue weighted by Gasteiger charge is -2.25. The van der Waals surface area contributed by atoms with Crippen LogP contribution in [0, 0.1) is 17.5 Å². The molecule has 1 heterocycles. The fourth-order valence-corrected chi connectivity index (χ4v) is 2.75. The Kier molecular flexibility index (Phi) is 5.49. The van der Waals surface area contributed by atoms with Crippen molar-refractivity contribution in [3.05, 3.63) is 83.4 Å². The highest BCUT2D eigenvalue weighted by atomic mass is 19.2. The van der Waals surface area contributed by atoms with Gasteiger partial charge >= 0.3 is 5.97 Å². The number of ether oxygens (including phenoxy) is 1. The quantitative estimate of drug-likeness (QED) is 0.628. The van der Waals surface area contributed by atoms with Crippen LogP contribution < -0.4 is 9.64 Å².